The molecule has 0 radical (unpaired) electrons. The molecule has 0 spiro atoms. The highest BCUT2D eigenvalue weighted by Crippen LogP contribution is 2.38. The van der Waals surface area contributed by atoms with Gasteiger partial charge in [0.2, 0.25) is 0 Å². The third-order valence-corrected chi connectivity index (χ3v) is 4.20. The Bertz CT molecular complexity index is 172. The molecule has 0 aromatic carbocycles. The summed E-state index contributed by atoms with van der Waals surface area (Å²) in [6.07, 6.45) is 4.25. The van der Waals surface area contributed by atoms with Gasteiger partial charge >= 0.3 is 0 Å². The van der Waals surface area contributed by atoms with E-state index in [1.54, 1.807) is 0 Å². The molecule has 0 bridgehead atoms. The van der Waals surface area contributed by atoms with Crippen LogP contribution in [-0.4, -0.2) is 16.6 Å². The Hall–Kier alpha value is 0.250. The molecule has 1 nitrogen and oxygen atoms in total. The third kappa shape index (κ3) is 2.64. The molecule has 0 aromatic rings. The number of hydrogen-bond donors (Lipinski definition) is 1. The van der Waals surface area contributed by atoms with Crippen LogP contribution in [-0.2, 0) is 0 Å². The lowest BCUT2D eigenvalue weighted by Crippen LogP contribution is -2.42. The van der Waals surface area contributed by atoms with E-state index in [-0.39, 0.29) is 11.5 Å². The van der Waals surface area contributed by atoms with Crippen molar-refractivity contribution >= 4 is 11.6 Å². The van der Waals surface area contributed by atoms with Crippen molar-refractivity contribution < 1.29 is 5.11 Å². The summed E-state index contributed by atoms with van der Waals surface area (Å²) in [5.74, 6) is 1.64. The molecule has 0 saturated heterocycles. The first-order chi connectivity index (χ1) is 6.57. The molecule has 5 atom stereocenters. The van der Waals surface area contributed by atoms with Crippen LogP contribution in [0.2, 0.25) is 0 Å². The van der Waals surface area contributed by atoms with Gasteiger partial charge in [0.05, 0.1) is 11.5 Å². The minimum absolute atomic E-state index is 0.0180. The number of aliphatic hydroxyl groups is 1. The van der Waals surface area contributed by atoms with Crippen molar-refractivity contribution in [2.24, 2.45) is 17.8 Å². The molecule has 1 saturated carbocycles. The van der Waals surface area contributed by atoms with Gasteiger partial charge in [-0.15, -0.1) is 11.6 Å². The maximum Gasteiger partial charge on any atom is 0.0736 e. The molecule has 0 aromatic heterocycles. The zero-order chi connectivity index (χ0) is 10.7. The Labute approximate surface area is 92.8 Å². The second-order valence-corrected chi connectivity index (χ2v) is 5.47. The van der Waals surface area contributed by atoms with Crippen LogP contribution in [0, 0.1) is 17.8 Å². The number of hydrogen-bond acceptors (Lipinski definition) is 1. The Morgan fingerprint density at radius 1 is 1.43 bits per heavy atom. The van der Waals surface area contributed by atoms with E-state index in [1.165, 1.54) is 19.3 Å². The normalized spacial score (nSPS) is 40.9. The predicted molar refractivity (Wildman–Crippen MR) is 61.6 cm³/mol. The summed E-state index contributed by atoms with van der Waals surface area (Å²) >= 11 is 6.12. The molecule has 1 fully saturated rings. The van der Waals surface area contributed by atoms with Crippen LogP contribution < -0.4 is 0 Å². The zero-order valence-electron chi connectivity index (χ0n) is 9.54. The van der Waals surface area contributed by atoms with Crippen molar-refractivity contribution in [1.29, 1.82) is 0 Å². The first-order valence-corrected chi connectivity index (χ1v) is 6.33. The summed E-state index contributed by atoms with van der Waals surface area (Å²) in [4.78, 5) is 0. The molecular weight excluding hydrogens is 196 g/mol. The minimum atomic E-state index is -0.290. The summed E-state index contributed by atoms with van der Waals surface area (Å²) in [5, 5.41) is 10.1. The van der Waals surface area contributed by atoms with Crippen LogP contribution >= 0.6 is 11.6 Å². The molecular formula is C12H23ClO. The summed E-state index contributed by atoms with van der Waals surface area (Å²) in [6, 6.07) is 0. The molecule has 14 heavy (non-hydrogen) atoms. The number of aliphatic hydroxyl groups excluding tert-OH is 1. The van der Waals surface area contributed by atoms with Gasteiger partial charge in [-0.2, -0.15) is 0 Å². The van der Waals surface area contributed by atoms with Gasteiger partial charge in [-0.3, -0.25) is 0 Å². The van der Waals surface area contributed by atoms with Crippen molar-refractivity contribution in [3.05, 3.63) is 0 Å². The van der Waals surface area contributed by atoms with Crippen molar-refractivity contribution in [3.63, 3.8) is 0 Å². The molecule has 1 aliphatic carbocycles. The van der Waals surface area contributed by atoms with Crippen LogP contribution in [0.1, 0.15) is 46.5 Å². The van der Waals surface area contributed by atoms with E-state index >= 15 is 0 Å². The fraction of sp³-hybridized carbons (Fsp3) is 1.00. The van der Waals surface area contributed by atoms with E-state index in [9.17, 15) is 5.11 Å². The molecule has 5 unspecified atom stereocenters. The van der Waals surface area contributed by atoms with Gasteiger partial charge in [-0.1, -0.05) is 33.6 Å². The van der Waals surface area contributed by atoms with E-state index in [0.29, 0.717) is 17.8 Å². The van der Waals surface area contributed by atoms with Crippen LogP contribution in [0.15, 0.2) is 0 Å². The highest BCUT2D eigenvalue weighted by molar-refractivity contribution is 6.21. The van der Waals surface area contributed by atoms with Gasteiger partial charge in [-0.25, -0.2) is 0 Å². The van der Waals surface area contributed by atoms with Gasteiger partial charge in [0.25, 0.3) is 0 Å². The first kappa shape index (κ1) is 12.3. The van der Waals surface area contributed by atoms with Crippen molar-refractivity contribution in [2.45, 2.75) is 57.9 Å². The Balaban J connectivity index is 2.61. The van der Waals surface area contributed by atoms with E-state index in [1.807, 2.05) is 0 Å². The average molecular weight is 219 g/mol. The standard InChI is InChI=1S/C12H23ClO/c1-4-5-8(2)11-9(3)6-7-10(13)12(11)14/h8-12,14H,4-7H2,1-3H3. The maximum absolute atomic E-state index is 10.1. The summed E-state index contributed by atoms with van der Waals surface area (Å²) in [7, 11) is 0. The van der Waals surface area contributed by atoms with Crippen molar-refractivity contribution in [3.8, 4) is 0 Å². The molecule has 84 valence electrons. The van der Waals surface area contributed by atoms with Gasteiger partial charge in [0.1, 0.15) is 0 Å². The SMILES string of the molecule is CCCC(C)C1C(C)CCC(Cl)C1O. The Morgan fingerprint density at radius 3 is 2.64 bits per heavy atom. The van der Waals surface area contributed by atoms with Crippen LogP contribution in [0.5, 0.6) is 0 Å². The van der Waals surface area contributed by atoms with Crippen LogP contribution in [0.4, 0.5) is 0 Å². The molecule has 1 N–H and O–H groups in total. The summed E-state index contributed by atoms with van der Waals surface area (Å²) in [6.45, 7) is 6.71. The summed E-state index contributed by atoms with van der Waals surface area (Å²) in [5.41, 5.74) is 0. The number of alkyl halides is 1. The Morgan fingerprint density at radius 2 is 2.07 bits per heavy atom. The van der Waals surface area contributed by atoms with E-state index in [2.05, 4.69) is 20.8 Å². The largest absolute Gasteiger partial charge is 0.391 e. The molecule has 2 heteroatoms. The predicted octanol–water partition coefficient (Wildman–Crippen LogP) is 3.44. The highest BCUT2D eigenvalue weighted by Gasteiger charge is 2.37. The molecule has 1 aliphatic rings. The average Bonchev–Trinajstić information content (AvgIpc) is 2.13. The maximum atomic E-state index is 10.1. The van der Waals surface area contributed by atoms with Gasteiger partial charge in [0, 0.05) is 0 Å². The Kier molecular flexibility index (Phi) is 4.72. The van der Waals surface area contributed by atoms with E-state index in [0.717, 1.165) is 6.42 Å². The van der Waals surface area contributed by atoms with E-state index in [4.69, 9.17) is 11.6 Å². The second-order valence-electron chi connectivity index (χ2n) is 4.90. The van der Waals surface area contributed by atoms with Crippen molar-refractivity contribution in [1.82, 2.24) is 0 Å². The number of halogens is 1. The molecule has 0 amide bonds. The van der Waals surface area contributed by atoms with Gasteiger partial charge in [0.15, 0.2) is 0 Å². The van der Waals surface area contributed by atoms with Crippen LogP contribution in [0.25, 0.3) is 0 Å². The monoisotopic (exact) mass is 218 g/mol. The lowest BCUT2D eigenvalue weighted by molar-refractivity contribution is 0.00983. The highest BCUT2D eigenvalue weighted by atomic mass is 35.5. The van der Waals surface area contributed by atoms with Crippen LogP contribution in [0.3, 0.4) is 0 Å². The second kappa shape index (κ2) is 5.37. The van der Waals surface area contributed by atoms with E-state index < -0.39 is 0 Å². The quantitative estimate of drug-likeness (QED) is 0.720. The van der Waals surface area contributed by atoms with Gasteiger partial charge in [-0.05, 0) is 30.6 Å². The fourth-order valence-corrected chi connectivity index (χ4v) is 3.20. The lowest BCUT2D eigenvalue weighted by atomic mass is 9.71. The third-order valence-electron chi connectivity index (χ3n) is 3.72. The fourth-order valence-electron chi connectivity index (χ4n) is 2.91. The minimum Gasteiger partial charge on any atom is -0.391 e. The lowest BCUT2D eigenvalue weighted by Gasteiger charge is -2.40. The number of rotatable bonds is 3. The molecule has 0 heterocycles. The summed E-state index contributed by atoms with van der Waals surface area (Å²) < 4.78 is 0. The van der Waals surface area contributed by atoms with Gasteiger partial charge < -0.3 is 5.11 Å². The topological polar surface area (TPSA) is 20.2 Å². The molecule has 1 rings (SSSR count). The zero-order valence-corrected chi connectivity index (χ0v) is 10.3. The first-order valence-electron chi connectivity index (χ1n) is 5.90. The smallest absolute Gasteiger partial charge is 0.0736 e. The van der Waals surface area contributed by atoms with Crippen molar-refractivity contribution in [2.75, 3.05) is 0 Å². The molecule has 0 aliphatic heterocycles.